The number of nitrogens with one attached hydrogen (secondary N) is 2. The number of hydrogen-bond donors (Lipinski definition) is 2. The molecule has 0 aromatic heterocycles. The highest BCUT2D eigenvalue weighted by Gasteiger charge is 2.20. The zero-order chi connectivity index (χ0) is 21.9. The van der Waals surface area contributed by atoms with Crippen molar-refractivity contribution in [3.05, 3.63) is 82.9 Å². The predicted molar refractivity (Wildman–Crippen MR) is 113 cm³/mol. The van der Waals surface area contributed by atoms with E-state index in [2.05, 4.69) is 10.0 Å². The van der Waals surface area contributed by atoms with Crippen LogP contribution in [0.4, 0.5) is 22.7 Å². The normalized spacial score (nSPS) is 11.6. The number of anilines is 3. The van der Waals surface area contributed by atoms with Crippen LogP contribution in [0.25, 0.3) is 0 Å². The Morgan fingerprint density at radius 1 is 0.800 bits per heavy atom. The molecule has 0 aliphatic rings. The van der Waals surface area contributed by atoms with Crippen LogP contribution in [-0.2, 0) is 19.9 Å². The van der Waals surface area contributed by atoms with Gasteiger partial charge in [-0.05, 0) is 42.5 Å². The number of non-ortho nitro benzene ring substituents is 1. The minimum Gasteiger partial charge on any atom is -0.354 e. The van der Waals surface area contributed by atoms with Gasteiger partial charge in [0.1, 0.15) is 0 Å². The van der Waals surface area contributed by atoms with Gasteiger partial charge in [-0.3, -0.25) is 14.8 Å². The number of nitro groups is 1. The Labute approximate surface area is 173 Å². The Morgan fingerprint density at radius 3 is 1.97 bits per heavy atom. The van der Waals surface area contributed by atoms with Crippen LogP contribution < -0.4 is 10.0 Å². The van der Waals surface area contributed by atoms with Crippen LogP contribution >= 0.6 is 0 Å². The monoisotopic (exact) mass is 447 g/mol. The molecule has 0 fully saturated rings. The molecule has 0 atom stereocenters. The Hall–Kier alpha value is -3.44. The topological polar surface area (TPSA) is 135 Å². The second-order valence-electron chi connectivity index (χ2n) is 6.33. The SMILES string of the molecule is CS(=O)(=O)c1ccc(S(=O)(=O)Nc2cc([N+](=O)[O-])ccc2Nc2ccccc2)cc1. The summed E-state index contributed by atoms with van der Waals surface area (Å²) in [7, 11) is -7.62. The molecule has 3 rings (SSSR count). The van der Waals surface area contributed by atoms with E-state index in [0.29, 0.717) is 11.4 Å². The molecule has 11 heteroatoms. The van der Waals surface area contributed by atoms with Gasteiger partial charge in [-0.25, -0.2) is 16.8 Å². The lowest BCUT2D eigenvalue weighted by Gasteiger charge is -2.14. The first-order valence-corrected chi connectivity index (χ1v) is 11.9. The molecule has 0 saturated heterocycles. The van der Waals surface area contributed by atoms with Gasteiger partial charge in [-0.1, -0.05) is 18.2 Å². The third kappa shape index (κ3) is 4.93. The molecular formula is C19H17N3O6S2. The quantitative estimate of drug-likeness (QED) is 0.418. The van der Waals surface area contributed by atoms with E-state index in [1.807, 2.05) is 6.07 Å². The molecule has 0 saturated carbocycles. The van der Waals surface area contributed by atoms with E-state index in [-0.39, 0.29) is 21.2 Å². The summed E-state index contributed by atoms with van der Waals surface area (Å²) in [6.07, 6.45) is 1.01. The maximum Gasteiger partial charge on any atom is 0.271 e. The fraction of sp³-hybridized carbons (Fsp3) is 0.0526. The largest absolute Gasteiger partial charge is 0.354 e. The Balaban J connectivity index is 1.98. The van der Waals surface area contributed by atoms with E-state index in [0.717, 1.165) is 24.5 Å². The Morgan fingerprint density at radius 2 is 1.40 bits per heavy atom. The van der Waals surface area contributed by atoms with Crippen molar-refractivity contribution in [2.24, 2.45) is 0 Å². The number of benzene rings is 3. The van der Waals surface area contributed by atoms with Gasteiger partial charge in [0.05, 0.1) is 26.1 Å². The number of para-hydroxylation sites is 1. The number of nitrogens with zero attached hydrogens (tertiary/aromatic N) is 1. The van der Waals surface area contributed by atoms with Gasteiger partial charge in [0, 0.05) is 24.1 Å². The third-order valence-electron chi connectivity index (χ3n) is 4.07. The highest BCUT2D eigenvalue weighted by atomic mass is 32.2. The fourth-order valence-corrected chi connectivity index (χ4v) is 4.29. The number of hydrogen-bond acceptors (Lipinski definition) is 7. The molecule has 3 aromatic rings. The van der Waals surface area contributed by atoms with Gasteiger partial charge < -0.3 is 5.32 Å². The zero-order valence-corrected chi connectivity index (χ0v) is 17.3. The average molecular weight is 447 g/mol. The second kappa shape index (κ2) is 8.13. The number of nitro benzene ring substituents is 1. The Kier molecular flexibility index (Phi) is 5.76. The number of sulfone groups is 1. The van der Waals surface area contributed by atoms with Crippen molar-refractivity contribution in [2.45, 2.75) is 9.79 Å². The lowest BCUT2D eigenvalue weighted by Crippen LogP contribution is -2.14. The highest BCUT2D eigenvalue weighted by molar-refractivity contribution is 7.92. The van der Waals surface area contributed by atoms with E-state index in [9.17, 15) is 26.9 Å². The summed E-state index contributed by atoms with van der Waals surface area (Å²) < 4.78 is 51.0. The van der Waals surface area contributed by atoms with E-state index in [4.69, 9.17) is 0 Å². The van der Waals surface area contributed by atoms with Crippen molar-refractivity contribution in [3.8, 4) is 0 Å². The van der Waals surface area contributed by atoms with Crippen LogP contribution in [0.5, 0.6) is 0 Å². The van der Waals surface area contributed by atoms with Crippen LogP contribution in [0, 0.1) is 10.1 Å². The van der Waals surface area contributed by atoms with Crippen LogP contribution in [0.2, 0.25) is 0 Å². The zero-order valence-electron chi connectivity index (χ0n) is 15.6. The standard InChI is InChI=1S/C19H17N3O6S2/c1-29(25,26)16-8-10-17(11-9-16)30(27,28)21-19-13-15(22(23)24)7-12-18(19)20-14-5-3-2-4-6-14/h2-13,20-21H,1H3. The summed E-state index contributed by atoms with van der Waals surface area (Å²) >= 11 is 0. The second-order valence-corrected chi connectivity index (χ2v) is 10.0. The van der Waals surface area contributed by atoms with Crippen LogP contribution in [0.1, 0.15) is 0 Å². The summed E-state index contributed by atoms with van der Waals surface area (Å²) in [5.41, 5.74) is 0.645. The summed E-state index contributed by atoms with van der Waals surface area (Å²) in [6.45, 7) is 0. The van der Waals surface area contributed by atoms with Crippen LogP contribution in [0.3, 0.4) is 0 Å². The van der Waals surface area contributed by atoms with E-state index in [1.54, 1.807) is 24.3 Å². The molecule has 30 heavy (non-hydrogen) atoms. The lowest BCUT2D eigenvalue weighted by molar-refractivity contribution is -0.384. The Bertz CT molecular complexity index is 1290. The van der Waals surface area contributed by atoms with Gasteiger partial charge >= 0.3 is 0 Å². The molecule has 0 spiro atoms. The number of rotatable bonds is 7. The number of sulfonamides is 1. The van der Waals surface area contributed by atoms with Crippen molar-refractivity contribution in [1.29, 1.82) is 0 Å². The molecule has 2 N–H and O–H groups in total. The molecule has 0 bridgehead atoms. The fourth-order valence-electron chi connectivity index (χ4n) is 2.59. The maximum absolute atomic E-state index is 12.8. The minimum absolute atomic E-state index is 0.0248. The van der Waals surface area contributed by atoms with Crippen molar-refractivity contribution in [3.63, 3.8) is 0 Å². The summed E-state index contributed by atoms with van der Waals surface area (Å²) in [6, 6.07) is 17.3. The summed E-state index contributed by atoms with van der Waals surface area (Å²) in [5, 5.41) is 14.2. The molecule has 3 aromatic carbocycles. The minimum atomic E-state index is -4.14. The first-order chi connectivity index (χ1) is 14.1. The van der Waals surface area contributed by atoms with Crippen LogP contribution in [0.15, 0.2) is 82.6 Å². The van der Waals surface area contributed by atoms with Crippen molar-refractivity contribution < 1.29 is 21.8 Å². The molecule has 0 aliphatic heterocycles. The van der Waals surface area contributed by atoms with E-state index < -0.39 is 24.8 Å². The van der Waals surface area contributed by atoms with E-state index in [1.165, 1.54) is 24.3 Å². The van der Waals surface area contributed by atoms with Gasteiger partial charge in [0.25, 0.3) is 15.7 Å². The van der Waals surface area contributed by atoms with Gasteiger partial charge in [0.15, 0.2) is 9.84 Å². The maximum atomic E-state index is 12.8. The highest BCUT2D eigenvalue weighted by Crippen LogP contribution is 2.31. The molecule has 9 nitrogen and oxygen atoms in total. The summed E-state index contributed by atoms with van der Waals surface area (Å²) in [4.78, 5) is 10.3. The third-order valence-corrected chi connectivity index (χ3v) is 6.58. The molecule has 0 heterocycles. The molecule has 156 valence electrons. The lowest BCUT2D eigenvalue weighted by atomic mass is 10.2. The van der Waals surface area contributed by atoms with Crippen molar-refractivity contribution >= 4 is 42.6 Å². The molecule has 0 radical (unpaired) electrons. The summed E-state index contributed by atoms with van der Waals surface area (Å²) in [5.74, 6) is 0. The molecule has 0 unspecified atom stereocenters. The van der Waals surface area contributed by atoms with Gasteiger partial charge in [-0.15, -0.1) is 0 Å². The van der Waals surface area contributed by atoms with Crippen molar-refractivity contribution in [2.75, 3.05) is 16.3 Å². The first-order valence-electron chi connectivity index (χ1n) is 8.50. The van der Waals surface area contributed by atoms with Crippen LogP contribution in [-0.4, -0.2) is 28.0 Å². The molecule has 0 aliphatic carbocycles. The van der Waals surface area contributed by atoms with Gasteiger partial charge in [-0.2, -0.15) is 0 Å². The molecule has 0 amide bonds. The molecular weight excluding hydrogens is 430 g/mol. The smallest absolute Gasteiger partial charge is 0.271 e. The predicted octanol–water partition coefficient (Wildman–Crippen LogP) is 3.54. The van der Waals surface area contributed by atoms with E-state index >= 15 is 0 Å². The van der Waals surface area contributed by atoms with Crippen molar-refractivity contribution in [1.82, 2.24) is 0 Å². The average Bonchev–Trinajstić information content (AvgIpc) is 2.69. The first kappa shape index (κ1) is 21.3. The van der Waals surface area contributed by atoms with Gasteiger partial charge in [0.2, 0.25) is 0 Å².